The largest absolute Gasteiger partial charge is 0.349 e. The van der Waals surface area contributed by atoms with Crippen LogP contribution in [-0.4, -0.2) is 52.7 Å². The van der Waals surface area contributed by atoms with Gasteiger partial charge in [0.05, 0.1) is 0 Å². The summed E-state index contributed by atoms with van der Waals surface area (Å²) in [5.74, 6) is -0.784. The van der Waals surface area contributed by atoms with E-state index in [1.54, 1.807) is 9.80 Å². The van der Waals surface area contributed by atoms with Crippen LogP contribution in [0.15, 0.2) is 24.3 Å². The molecule has 1 aromatic carbocycles. The molecule has 2 saturated carbocycles. The molecule has 156 valence electrons. The van der Waals surface area contributed by atoms with Gasteiger partial charge in [0.25, 0.3) is 5.91 Å². The maximum Gasteiger partial charge on any atom is 0.312 e. The molecule has 0 atom stereocenters. The lowest BCUT2D eigenvalue weighted by atomic mass is 9.95. The van der Waals surface area contributed by atoms with Crippen molar-refractivity contribution >= 4 is 17.7 Å². The predicted molar refractivity (Wildman–Crippen MR) is 110 cm³/mol. The fourth-order valence-corrected chi connectivity index (χ4v) is 4.90. The van der Waals surface area contributed by atoms with Crippen LogP contribution >= 0.6 is 0 Å². The van der Waals surface area contributed by atoms with Crippen LogP contribution < -0.4 is 5.32 Å². The minimum Gasteiger partial charge on any atom is -0.349 e. The van der Waals surface area contributed by atoms with E-state index in [2.05, 4.69) is 5.32 Å². The van der Waals surface area contributed by atoms with E-state index in [9.17, 15) is 14.4 Å². The van der Waals surface area contributed by atoms with Crippen molar-refractivity contribution in [2.45, 2.75) is 76.4 Å². The number of carbonyl (C=O) groups is 3. The molecule has 0 spiro atoms. The number of rotatable bonds is 5. The summed E-state index contributed by atoms with van der Waals surface area (Å²) in [6.07, 6.45) is 10.1. The zero-order valence-corrected chi connectivity index (χ0v) is 17.1. The van der Waals surface area contributed by atoms with Gasteiger partial charge in [0.15, 0.2) is 0 Å². The first-order valence-corrected chi connectivity index (χ1v) is 11.1. The molecule has 1 heterocycles. The van der Waals surface area contributed by atoms with E-state index >= 15 is 0 Å². The van der Waals surface area contributed by atoms with Crippen molar-refractivity contribution in [2.24, 2.45) is 0 Å². The molecule has 2 aliphatic carbocycles. The summed E-state index contributed by atoms with van der Waals surface area (Å²) in [6.45, 7) is 1.61. The fourth-order valence-electron chi connectivity index (χ4n) is 4.90. The van der Waals surface area contributed by atoms with E-state index in [0.717, 1.165) is 44.1 Å². The first-order chi connectivity index (χ1) is 14.1. The van der Waals surface area contributed by atoms with Crippen LogP contribution in [0, 0.1) is 0 Å². The molecule has 4 rings (SSSR count). The number of carbonyl (C=O) groups excluding carboxylic acids is 3. The number of nitrogens with one attached hydrogen (secondary N) is 1. The third-order valence-corrected chi connectivity index (χ3v) is 6.64. The van der Waals surface area contributed by atoms with E-state index in [1.807, 2.05) is 24.3 Å². The second-order valence-corrected chi connectivity index (χ2v) is 8.67. The van der Waals surface area contributed by atoms with Gasteiger partial charge in [-0.25, -0.2) is 0 Å². The third-order valence-electron chi connectivity index (χ3n) is 6.64. The molecule has 1 N–H and O–H groups in total. The van der Waals surface area contributed by atoms with Gasteiger partial charge in [-0.1, -0.05) is 44.2 Å². The Morgan fingerprint density at radius 3 is 2.21 bits per heavy atom. The molecule has 1 aliphatic heterocycles. The monoisotopic (exact) mass is 397 g/mol. The Kier molecular flexibility index (Phi) is 6.16. The van der Waals surface area contributed by atoms with Crippen LogP contribution in [0.2, 0.25) is 0 Å². The first kappa shape index (κ1) is 19.9. The number of hydrogen-bond donors (Lipinski definition) is 1. The normalized spacial score (nSPS) is 21.7. The standard InChI is InChI=1S/C23H31N3O3/c27-21(24-19-6-2-1-3-7-19)18-12-10-17(11-13-18)16-25-14-15-26(23(29)22(25)28)20-8-4-5-9-20/h10-13,19-20H,1-9,14-16H2,(H,24,27). The summed E-state index contributed by atoms with van der Waals surface area (Å²) in [6, 6.07) is 7.93. The van der Waals surface area contributed by atoms with Gasteiger partial charge in [0.1, 0.15) is 0 Å². The van der Waals surface area contributed by atoms with E-state index in [1.165, 1.54) is 19.3 Å². The quantitative estimate of drug-likeness (QED) is 0.777. The third kappa shape index (κ3) is 4.62. The maximum atomic E-state index is 12.6. The van der Waals surface area contributed by atoms with Crippen molar-refractivity contribution in [3.63, 3.8) is 0 Å². The van der Waals surface area contributed by atoms with Crippen LogP contribution in [-0.2, 0) is 16.1 Å². The Morgan fingerprint density at radius 1 is 0.862 bits per heavy atom. The SMILES string of the molecule is O=C(NC1CCCCC1)c1ccc(CN2CCN(C3CCCC3)C(=O)C2=O)cc1. The summed E-state index contributed by atoms with van der Waals surface area (Å²) >= 11 is 0. The molecule has 1 aromatic rings. The average molecular weight is 398 g/mol. The van der Waals surface area contributed by atoms with Crippen molar-refractivity contribution in [1.82, 2.24) is 15.1 Å². The Hall–Kier alpha value is -2.37. The number of benzene rings is 1. The maximum absolute atomic E-state index is 12.6. The fraction of sp³-hybridized carbons (Fsp3) is 0.609. The lowest BCUT2D eigenvalue weighted by Gasteiger charge is -2.37. The molecule has 0 bridgehead atoms. The van der Waals surface area contributed by atoms with E-state index in [-0.39, 0.29) is 23.9 Å². The van der Waals surface area contributed by atoms with Gasteiger partial charge >= 0.3 is 11.8 Å². The summed E-state index contributed by atoms with van der Waals surface area (Å²) in [7, 11) is 0. The molecule has 3 aliphatic rings. The zero-order valence-electron chi connectivity index (χ0n) is 17.1. The van der Waals surface area contributed by atoms with Crippen LogP contribution in [0.5, 0.6) is 0 Å². The molecule has 3 fully saturated rings. The Bertz CT molecular complexity index is 749. The van der Waals surface area contributed by atoms with Crippen molar-refractivity contribution in [3.05, 3.63) is 35.4 Å². The molecule has 6 heteroatoms. The molecule has 0 aromatic heterocycles. The van der Waals surface area contributed by atoms with E-state index in [0.29, 0.717) is 25.2 Å². The highest BCUT2D eigenvalue weighted by Gasteiger charge is 2.37. The van der Waals surface area contributed by atoms with Crippen LogP contribution in [0.3, 0.4) is 0 Å². The second kappa shape index (κ2) is 8.97. The molecule has 0 radical (unpaired) electrons. The van der Waals surface area contributed by atoms with E-state index < -0.39 is 5.91 Å². The van der Waals surface area contributed by atoms with Gasteiger partial charge in [-0.15, -0.1) is 0 Å². The topological polar surface area (TPSA) is 69.7 Å². The van der Waals surface area contributed by atoms with Gasteiger partial charge in [-0.2, -0.15) is 0 Å². The Labute approximate surface area is 172 Å². The van der Waals surface area contributed by atoms with Gasteiger partial charge in [-0.3, -0.25) is 14.4 Å². The zero-order chi connectivity index (χ0) is 20.2. The smallest absolute Gasteiger partial charge is 0.312 e. The summed E-state index contributed by atoms with van der Waals surface area (Å²) < 4.78 is 0. The van der Waals surface area contributed by atoms with Gasteiger partial charge in [0, 0.05) is 37.3 Å². The van der Waals surface area contributed by atoms with Crippen molar-refractivity contribution < 1.29 is 14.4 Å². The molecular weight excluding hydrogens is 366 g/mol. The summed E-state index contributed by atoms with van der Waals surface area (Å²) in [5.41, 5.74) is 1.59. The number of piperazine rings is 1. The second-order valence-electron chi connectivity index (χ2n) is 8.67. The number of hydrogen-bond acceptors (Lipinski definition) is 3. The van der Waals surface area contributed by atoms with Crippen molar-refractivity contribution in [2.75, 3.05) is 13.1 Å². The minimum absolute atomic E-state index is 0.0279. The lowest BCUT2D eigenvalue weighted by Crippen LogP contribution is -2.56. The van der Waals surface area contributed by atoms with Crippen molar-refractivity contribution in [1.29, 1.82) is 0 Å². The van der Waals surface area contributed by atoms with Crippen molar-refractivity contribution in [3.8, 4) is 0 Å². The molecule has 29 heavy (non-hydrogen) atoms. The summed E-state index contributed by atoms with van der Waals surface area (Å²) in [5, 5.41) is 3.13. The molecule has 6 nitrogen and oxygen atoms in total. The first-order valence-electron chi connectivity index (χ1n) is 11.1. The van der Waals surface area contributed by atoms with Crippen LogP contribution in [0.25, 0.3) is 0 Å². The molecule has 0 unspecified atom stereocenters. The van der Waals surface area contributed by atoms with Gasteiger partial charge < -0.3 is 15.1 Å². The van der Waals surface area contributed by atoms with E-state index in [4.69, 9.17) is 0 Å². The lowest BCUT2D eigenvalue weighted by molar-refractivity contribution is -0.158. The summed E-state index contributed by atoms with van der Waals surface area (Å²) in [4.78, 5) is 40.9. The predicted octanol–water partition coefficient (Wildman–Crippen LogP) is 2.86. The molecule has 1 saturated heterocycles. The highest BCUT2D eigenvalue weighted by Crippen LogP contribution is 2.25. The number of nitrogens with zero attached hydrogens (tertiary/aromatic N) is 2. The Morgan fingerprint density at radius 2 is 1.52 bits per heavy atom. The van der Waals surface area contributed by atoms with Gasteiger partial charge in [-0.05, 0) is 43.4 Å². The van der Waals surface area contributed by atoms with Crippen LogP contribution in [0.4, 0.5) is 0 Å². The molecule has 3 amide bonds. The highest BCUT2D eigenvalue weighted by atomic mass is 16.2. The average Bonchev–Trinajstić information content (AvgIpc) is 3.27. The van der Waals surface area contributed by atoms with Gasteiger partial charge in [0.2, 0.25) is 0 Å². The number of amides is 3. The Balaban J connectivity index is 1.32. The van der Waals surface area contributed by atoms with Crippen LogP contribution in [0.1, 0.15) is 73.7 Å². The highest BCUT2D eigenvalue weighted by molar-refractivity contribution is 6.35. The molecular formula is C23H31N3O3. The minimum atomic E-state index is -0.401.